The van der Waals surface area contributed by atoms with E-state index in [1.54, 1.807) is 36.2 Å². The van der Waals surface area contributed by atoms with E-state index in [0.717, 1.165) is 4.47 Å². The molecule has 0 saturated carbocycles. The van der Waals surface area contributed by atoms with Gasteiger partial charge < -0.3 is 9.80 Å². The number of rotatable bonds is 3. The topological polar surface area (TPSA) is 56.8 Å². The number of pyridine rings is 1. The standard InChI is InChI=1S/C14H19BrN4O2/c1-17(2)13(20)10-18-5-7-19(8-6-18)14(21)12-4-3-11(15)9-16-12/h3-4,9H,5-8,10H2,1-2H3. The van der Waals surface area contributed by atoms with Crippen molar-refractivity contribution in [1.82, 2.24) is 19.7 Å². The highest BCUT2D eigenvalue weighted by atomic mass is 79.9. The molecule has 1 aromatic rings. The molecular formula is C14H19BrN4O2. The van der Waals surface area contributed by atoms with Gasteiger partial charge in [0.05, 0.1) is 6.54 Å². The van der Waals surface area contributed by atoms with Crippen molar-refractivity contribution in [3.63, 3.8) is 0 Å². The first-order valence-corrected chi connectivity index (χ1v) is 7.60. The Morgan fingerprint density at radius 1 is 1.24 bits per heavy atom. The zero-order valence-corrected chi connectivity index (χ0v) is 13.8. The quantitative estimate of drug-likeness (QED) is 0.801. The second kappa shape index (κ2) is 7.00. The van der Waals surface area contributed by atoms with Crippen LogP contribution in [-0.2, 0) is 4.79 Å². The van der Waals surface area contributed by atoms with Gasteiger partial charge >= 0.3 is 0 Å². The van der Waals surface area contributed by atoms with E-state index in [1.807, 2.05) is 6.07 Å². The second-order valence-corrected chi connectivity index (χ2v) is 6.13. The number of halogens is 1. The molecule has 0 aromatic carbocycles. The molecule has 0 radical (unpaired) electrons. The number of hydrogen-bond donors (Lipinski definition) is 0. The molecule has 2 heterocycles. The van der Waals surface area contributed by atoms with Crippen LogP contribution in [0.1, 0.15) is 10.5 Å². The van der Waals surface area contributed by atoms with Gasteiger partial charge in [0.2, 0.25) is 5.91 Å². The number of piperazine rings is 1. The lowest BCUT2D eigenvalue weighted by atomic mass is 10.2. The Morgan fingerprint density at radius 3 is 2.43 bits per heavy atom. The van der Waals surface area contributed by atoms with Crippen molar-refractivity contribution in [1.29, 1.82) is 0 Å². The predicted octanol–water partition coefficient (Wildman–Crippen LogP) is 0.690. The average Bonchev–Trinajstić information content (AvgIpc) is 2.48. The van der Waals surface area contributed by atoms with Crippen molar-refractivity contribution in [2.45, 2.75) is 0 Å². The maximum Gasteiger partial charge on any atom is 0.272 e. The molecule has 2 amide bonds. The van der Waals surface area contributed by atoms with Gasteiger partial charge in [0.25, 0.3) is 5.91 Å². The van der Waals surface area contributed by atoms with Gasteiger partial charge in [-0.3, -0.25) is 14.5 Å². The average molecular weight is 355 g/mol. The summed E-state index contributed by atoms with van der Waals surface area (Å²) < 4.78 is 0.853. The van der Waals surface area contributed by atoms with Gasteiger partial charge in [0.15, 0.2) is 0 Å². The number of nitrogens with zero attached hydrogens (tertiary/aromatic N) is 4. The molecule has 0 bridgehead atoms. The van der Waals surface area contributed by atoms with Gasteiger partial charge in [-0.2, -0.15) is 0 Å². The number of likely N-dealkylation sites (N-methyl/N-ethyl adjacent to an activating group) is 1. The Kier molecular flexibility index (Phi) is 5.30. The first-order chi connectivity index (χ1) is 9.97. The molecule has 1 saturated heterocycles. The molecule has 6 nitrogen and oxygen atoms in total. The fourth-order valence-electron chi connectivity index (χ4n) is 2.11. The summed E-state index contributed by atoms with van der Waals surface area (Å²) in [4.78, 5) is 33.5. The highest BCUT2D eigenvalue weighted by molar-refractivity contribution is 9.10. The number of carbonyl (C=O) groups excluding carboxylic acids is 2. The second-order valence-electron chi connectivity index (χ2n) is 5.22. The predicted molar refractivity (Wildman–Crippen MR) is 83.0 cm³/mol. The van der Waals surface area contributed by atoms with Crippen LogP contribution in [0.2, 0.25) is 0 Å². The molecule has 0 unspecified atom stereocenters. The highest BCUT2D eigenvalue weighted by Gasteiger charge is 2.24. The van der Waals surface area contributed by atoms with E-state index in [0.29, 0.717) is 38.4 Å². The van der Waals surface area contributed by atoms with Crippen molar-refractivity contribution in [3.8, 4) is 0 Å². The fourth-order valence-corrected chi connectivity index (χ4v) is 2.34. The molecule has 1 fully saturated rings. The summed E-state index contributed by atoms with van der Waals surface area (Å²) >= 11 is 3.30. The summed E-state index contributed by atoms with van der Waals surface area (Å²) in [5, 5.41) is 0. The smallest absolute Gasteiger partial charge is 0.272 e. The molecule has 21 heavy (non-hydrogen) atoms. The Hall–Kier alpha value is -1.47. The van der Waals surface area contributed by atoms with Crippen molar-refractivity contribution < 1.29 is 9.59 Å². The zero-order valence-electron chi connectivity index (χ0n) is 12.3. The van der Waals surface area contributed by atoms with Crippen molar-refractivity contribution in [2.24, 2.45) is 0 Å². The third-order valence-corrected chi connectivity index (χ3v) is 3.93. The van der Waals surface area contributed by atoms with Gasteiger partial charge in [-0.25, -0.2) is 4.98 Å². The van der Waals surface area contributed by atoms with Crippen molar-refractivity contribution >= 4 is 27.7 Å². The molecule has 0 N–H and O–H groups in total. The molecule has 0 spiro atoms. The van der Waals surface area contributed by atoms with E-state index < -0.39 is 0 Å². The van der Waals surface area contributed by atoms with E-state index in [1.165, 1.54) is 0 Å². The Morgan fingerprint density at radius 2 is 1.90 bits per heavy atom. The number of hydrogen-bond acceptors (Lipinski definition) is 4. The zero-order chi connectivity index (χ0) is 15.4. The van der Waals surface area contributed by atoms with Gasteiger partial charge in [0.1, 0.15) is 5.69 Å². The van der Waals surface area contributed by atoms with Crippen LogP contribution in [0.4, 0.5) is 0 Å². The summed E-state index contributed by atoms with van der Waals surface area (Å²) in [6.07, 6.45) is 1.62. The lowest BCUT2D eigenvalue weighted by Crippen LogP contribution is -2.51. The molecule has 1 aromatic heterocycles. The molecule has 7 heteroatoms. The summed E-state index contributed by atoms with van der Waals surface area (Å²) in [6, 6.07) is 3.53. The molecule has 0 atom stereocenters. The Bertz CT molecular complexity index is 510. The maximum atomic E-state index is 12.3. The lowest BCUT2D eigenvalue weighted by molar-refractivity contribution is -0.130. The van der Waals surface area contributed by atoms with Crippen LogP contribution in [0.3, 0.4) is 0 Å². The monoisotopic (exact) mass is 354 g/mol. The number of aromatic nitrogens is 1. The van der Waals surface area contributed by atoms with E-state index in [9.17, 15) is 9.59 Å². The van der Waals surface area contributed by atoms with Crippen LogP contribution in [0.5, 0.6) is 0 Å². The van der Waals surface area contributed by atoms with Crippen LogP contribution >= 0.6 is 15.9 Å². The Labute approximate surface area is 132 Å². The summed E-state index contributed by atoms with van der Waals surface area (Å²) in [6.45, 7) is 3.07. The van der Waals surface area contributed by atoms with Crippen LogP contribution in [-0.4, -0.2) is 78.3 Å². The van der Waals surface area contributed by atoms with Gasteiger partial charge in [-0.05, 0) is 28.1 Å². The van der Waals surface area contributed by atoms with E-state index in [-0.39, 0.29) is 11.8 Å². The molecule has 2 rings (SSSR count). The van der Waals surface area contributed by atoms with Gasteiger partial charge in [0, 0.05) is 50.9 Å². The summed E-state index contributed by atoms with van der Waals surface area (Å²) in [5.74, 6) is 0.0328. The minimum absolute atomic E-state index is 0.0545. The highest BCUT2D eigenvalue weighted by Crippen LogP contribution is 2.11. The normalized spacial score (nSPS) is 15.9. The molecule has 1 aliphatic heterocycles. The van der Waals surface area contributed by atoms with Crippen molar-refractivity contribution in [2.75, 3.05) is 46.8 Å². The molecule has 0 aliphatic carbocycles. The first kappa shape index (κ1) is 15.9. The third kappa shape index (κ3) is 4.25. The summed E-state index contributed by atoms with van der Waals surface area (Å²) in [7, 11) is 3.50. The van der Waals surface area contributed by atoms with E-state index >= 15 is 0 Å². The summed E-state index contributed by atoms with van der Waals surface area (Å²) in [5.41, 5.74) is 0.455. The van der Waals surface area contributed by atoms with Crippen molar-refractivity contribution in [3.05, 3.63) is 28.5 Å². The number of carbonyl (C=O) groups is 2. The SMILES string of the molecule is CN(C)C(=O)CN1CCN(C(=O)c2ccc(Br)cn2)CC1. The minimum Gasteiger partial charge on any atom is -0.348 e. The third-order valence-electron chi connectivity index (χ3n) is 3.46. The first-order valence-electron chi connectivity index (χ1n) is 6.80. The van der Waals surface area contributed by atoms with E-state index in [4.69, 9.17) is 0 Å². The number of amides is 2. The molecule has 1 aliphatic rings. The van der Waals surface area contributed by atoms with Crippen LogP contribution in [0.25, 0.3) is 0 Å². The largest absolute Gasteiger partial charge is 0.348 e. The van der Waals surface area contributed by atoms with Gasteiger partial charge in [-0.1, -0.05) is 0 Å². The fraction of sp³-hybridized carbons (Fsp3) is 0.500. The minimum atomic E-state index is -0.0545. The van der Waals surface area contributed by atoms with E-state index in [2.05, 4.69) is 25.8 Å². The maximum absolute atomic E-state index is 12.3. The lowest BCUT2D eigenvalue weighted by Gasteiger charge is -2.34. The molecular weight excluding hydrogens is 336 g/mol. The Balaban J connectivity index is 1.87. The molecule has 114 valence electrons. The van der Waals surface area contributed by atoms with Crippen LogP contribution in [0, 0.1) is 0 Å². The van der Waals surface area contributed by atoms with Crippen LogP contribution < -0.4 is 0 Å². The van der Waals surface area contributed by atoms with Gasteiger partial charge in [-0.15, -0.1) is 0 Å². The van der Waals surface area contributed by atoms with Crippen LogP contribution in [0.15, 0.2) is 22.8 Å².